The second-order valence-electron chi connectivity index (χ2n) is 4.58. The molecule has 0 N–H and O–H groups in total. The van der Waals surface area contributed by atoms with Gasteiger partial charge in [-0.2, -0.15) is 0 Å². The minimum atomic E-state index is 0.548. The van der Waals surface area contributed by atoms with Crippen LogP contribution < -0.4 is 4.90 Å². The average molecular weight is 299 g/mol. The Morgan fingerprint density at radius 2 is 2.29 bits per heavy atom. The SMILES string of the molecule is COCCN(c1cccc(Br)n1)C(C)C1CC1. The molecule has 4 heteroatoms. The van der Waals surface area contributed by atoms with Gasteiger partial charge >= 0.3 is 0 Å². The Morgan fingerprint density at radius 1 is 1.53 bits per heavy atom. The lowest BCUT2D eigenvalue weighted by Crippen LogP contribution is -2.37. The van der Waals surface area contributed by atoms with Gasteiger partial charge in [0.2, 0.25) is 0 Å². The van der Waals surface area contributed by atoms with Crippen molar-refractivity contribution >= 4 is 21.7 Å². The third-order valence-corrected chi connectivity index (χ3v) is 3.77. The molecule has 1 saturated carbocycles. The lowest BCUT2D eigenvalue weighted by Gasteiger charge is -2.30. The zero-order chi connectivity index (χ0) is 12.3. The molecule has 0 bridgehead atoms. The van der Waals surface area contributed by atoms with Gasteiger partial charge in [-0.25, -0.2) is 4.98 Å². The number of rotatable bonds is 6. The standard InChI is InChI=1S/C13H19BrN2O/c1-10(11-6-7-11)16(8-9-17-2)13-5-3-4-12(14)15-13/h3-5,10-11H,6-9H2,1-2H3. The van der Waals surface area contributed by atoms with E-state index in [1.54, 1.807) is 7.11 Å². The van der Waals surface area contributed by atoms with Crippen molar-refractivity contribution in [3.8, 4) is 0 Å². The Balaban J connectivity index is 2.13. The van der Waals surface area contributed by atoms with Gasteiger partial charge in [0.1, 0.15) is 10.4 Å². The van der Waals surface area contributed by atoms with Crippen molar-refractivity contribution in [2.45, 2.75) is 25.8 Å². The fourth-order valence-electron chi connectivity index (χ4n) is 2.11. The average Bonchev–Trinajstić information content (AvgIpc) is 3.13. The van der Waals surface area contributed by atoms with Gasteiger partial charge in [-0.05, 0) is 53.7 Å². The van der Waals surface area contributed by atoms with Gasteiger partial charge in [0, 0.05) is 19.7 Å². The molecule has 1 heterocycles. The second-order valence-corrected chi connectivity index (χ2v) is 5.40. The lowest BCUT2D eigenvalue weighted by atomic mass is 10.2. The molecule has 1 unspecified atom stereocenters. The van der Waals surface area contributed by atoms with E-state index in [1.807, 2.05) is 12.1 Å². The summed E-state index contributed by atoms with van der Waals surface area (Å²) in [6.07, 6.45) is 2.69. The van der Waals surface area contributed by atoms with E-state index in [2.05, 4.69) is 38.8 Å². The van der Waals surface area contributed by atoms with E-state index < -0.39 is 0 Å². The normalized spacial score (nSPS) is 16.9. The molecule has 1 aromatic rings. The summed E-state index contributed by atoms with van der Waals surface area (Å²) in [5, 5.41) is 0. The Kier molecular flexibility index (Phi) is 4.40. The molecule has 1 atom stereocenters. The van der Waals surface area contributed by atoms with Crippen LogP contribution >= 0.6 is 15.9 Å². The van der Waals surface area contributed by atoms with Crippen LogP contribution in [0.3, 0.4) is 0 Å². The highest BCUT2D eigenvalue weighted by atomic mass is 79.9. The molecule has 0 spiro atoms. The van der Waals surface area contributed by atoms with Crippen molar-refractivity contribution in [2.75, 3.05) is 25.2 Å². The second kappa shape index (κ2) is 5.83. The molecule has 1 fully saturated rings. The molecule has 3 nitrogen and oxygen atoms in total. The molecule has 0 amide bonds. The third-order valence-electron chi connectivity index (χ3n) is 3.33. The fraction of sp³-hybridized carbons (Fsp3) is 0.615. The van der Waals surface area contributed by atoms with Gasteiger partial charge in [0.25, 0.3) is 0 Å². The number of anilines is 1. The third kappa shape index (κ3) is 3.42. The number of hydrogen-bond donors (Lipinski definition) is 0. The molecule has 2 rings (SSSR count). The van der Waals surface area contributed by atoms with Crippen molar-refractivity contribution in [1.82, 2.24) is 4.98 Å². The predicted octanol–water partition coefficient (Wildman–Crippen LogP) is 3.10. The van der Waals surface area contributed by atoms with Gasteiger partial charge in [0.05, 0.1) is 6.61 Å². The summed E-state index contributed by atoms with van der Waals surface area (Å²) in [4.78, 5) is 6.90. The summed E-state index contributed by atoms with van der Waals surface area (Å²) in [7, 11) is 1.74. The number of nitrogens with zero attached hydrogens (tertiary/aromatic N) is 2. The topological polar surface area (TPSA) is 25.4 Å². The Hall–Kier alpha value is -0.610. The van der Waals surface area contributed by atoms with E-state index in [-0.39, 0.29) is 0 Å². The summed E-state index contributed by atoms with van der Waals surface area (Å²) in [5.74, 6) is 1.86. The highest BCUT2D eigenvalue weighted by molar-refractivity contribution is 9.10. The van der Waals surface area contributed by atoms with Crippen molar-refractivity contribution in [2.24, 2.45) is 5.92 Å². The smallest absolute Gasteiger partial charge is 0.130 e. The van der Waals surface area contributed by atoms with E-state index in [0.717, 1.165) is 29.5 Å². The van der Waals surface area contributed by atoms with E-state index in [9.17, 15) is 0 Å². The molecule has 1 aliphatic carbocycles. The number of ether oxygens (including phenoxy) is 1. The summed E-state index contributed by atoms with van der Waals surface area (Å²) >= 11 is 3.43. The van der Waals surface area contributed by atoms with Crippen LogP contribution in [-0.4, -0.2) is 31.3 Å². The fourth-order valence-corrected chi connectivity index (χ4v) is 2.44. The minimum Gasteiger partial charge on any atom is -0.383 e. The van der Waals surface area contributed by atoms with Crippen LogP contribution in [0.2, 0.25) is 0 Å². The number of pyridine rings is 1. The zero-order valence-corrected chi connectivity index (χ0v) is 12.0. The molecule has 1 aliphatic rings. The van der Waals surface area contributed by atoms with E-state index in [1.165, 1.54) is 12.8 Å². The predicted molar refractivity (Wildman–Crippen MR) is 73.3 cm³/mol. The molecule has 0 saturated heterocycles. The van der Waals surface area contributed by atoms with E-state index in [4.69, 9.17) is 4.74 Å². The van der Waals surface area contributed by atoms with Crippen LogP contribution in [0.1, 0.15) is 19.8 Å². The van der Waals surface area contributed by atoms with Crippen LogP contribution in [0.5, 0.6) is 0 Å². The largest absolute Gasteiger partial charge is 0.383 e. The van der Waals surface area contributed by atoms with Crippen LogP contribution in [0.4, 0.5) is 5.82 Å². The highest BCUT2D eigenvalue weighted by Gasteiger charge is 2.32. The first kappa shape index (κ1) is 12.8. The van der Waals surface area contributed by atoms with Crippen molar-refractivity contribution < 1.29 is 4.74 Å². The molecule has 94 valence electrons. The van der Waals surface area contributed by atoms with Gasteiger partial charge in [-0.3, -0.25) is 0 Å². The molecule has 17 heavy (non-hydrogen) atoms. The van der Waals surface area contributed by atoms with Crippen LogP contribution in [0.15, 0.2) is 22.8 Å². The van der Waals surface area contributed by atoms with Gasteiger partial charge in [-0.15, -0.1) is 0 Å². The van der Waals surface area contributed by atoms with Gasteiger partial charge in [0.15, 0.2) is 0 Å². The Bertz CT molecular complexity index is 368. The molecule has 0 radical (unpaired) electrons. The monoisotopic (exact) mass is 298 g/mol. The number of aromatic nitrogens is 1. The van der Waals surface area contributed by atoms with Crippen molar-refractivity contribution in [1.29, 1.82) is 0 Å². The molecule has 0 aliphatic heterocycles. The molecule has 1 aromatic heterocycles. The number of halogens is 1. The molecule has 0 aromatic carbocycles. The lowest BCUT2D eigenvalue weighted by molar-refractivity contribution is 0.202. The molecular weight excluding hydrogens is 280 g/mol. The first-order chi connectivity index (χ1) is 8.22. The Labute approximate surface area is 111 Å². The number of methoxy groups -OCH3 is 1. The maximum absolute atomic E-state index is 5.19. The van der Waals surface area contributed by atoms with E-state index in [0.29, 0.717) is 6.04 Å². The van der Waals surface area contributed by atoms with E-state index >= 15 is 0 Å². The minimum absolute atomic E-state index is 0.548. The van der Waals surface area contributed by atoms with Crippen molar-refractivity contribution in [3.63, 3.8) is 0 Å². The summed E-state index contributed by atoms with van der Waals surface area (Å²) in [6.45, 7) is 3.93. The van der Waals surface area contributed by atoms with Gasteiger partial charge < -0.3 is 9.64 Å². The summed E-state index contributed by atoms with van der Waals surface area (Å²) in [5.41, 5.74) is 0. The van der Waals surface area contributed by atoms with Crippen LogP contribution in [-0.2, 0) is 4.74 Å². The van der Waals surface area contributed by atoms with Crippen molar-refractivity contribution in [3.05, 3.63) is 22.8 Å². The first-order valence-electron chi connectivity index (χ1n) is 6.10. The number of hydrogen-bond acceptors (Lipinski definition) is 3. The quantitative estimate of drug-likeness (QED) is 0.755. The maximum atomic E-state index is 5.19. The first-order valence-corrected chi connectivity index (χ1v) is 6.90. The maximum Gasteiger partial charge on any atom is 0.130 e. The highest BCUT2D eigenvalue weighted by Crippen LogP contribution is 2.36. The zero-order valence-electron chi connectivity index (χ0n) is 10.4. The summed E-state index contributed by atoms with van der Waals surface area (Å²) in [6, 6.07) is 6.61. The summed E-state index contributed by atoms with van der Waals surface area (Å²) < 4.78 is 6.08. The Morgan fingerprint density at radius 3 is 2.88 bits per heavy atom. The van der Waals surface area contributed by atoms with Crippen LogP contribution in [0.25, 0.3) is 0 Å². The van der Waals surface area contributed by atoms with Gasteiger partial charge in [-0.1, -0.05) is 6.07 Å². The molecular formula is C13H19BrN2O. The van der Waals surface area contributed by atoms with Crippen LogP contribution in [0, 0.1) is 5.92 Å².